The lowest BCUT2D eigenvalue weighted by atomic mass is 9.44. The first-order valence-electron chi connectivity index (χ1n) is 9.62. The molecule has 4 aliphatic rings. The molecule has 4 rings (SSSR count). The van der Waals surface area contributed by atoms with Crippen LogP contribution in [0.25, 0.3) is 0 Å². The van der Waals surface area contributed by atoms with Gasteiger partial charge in [0.05, 0.1) is 18.1 Å². The van der Waals surface area contributed by atoms with Gasteiger partial charge in [0, 0.05) is 7.11 Å². The van der Waals surface area contributed by atoms with Crippen LogP contribution in [-0.2, 0) is 4.74 Å². The van der Waals surface area contributed by atoms with Crippen LogP contribution >= 0.6 is 0 Å². The summed E-state index contributed by atoms with van der Waals surface area (Å²) in [7, 11) is 1.91. The second kappa shape index (κ2) is 5.35. The lowest BCUT2D eigenvalue weighted by molar-refractivity contribution is -0.166. The Morgan fingerprint density at radius 1 is 1.09 bits per heavy atom. The molecule has 0 amide bonds. The van der Waals surface area contributed by atoms with E-state index in [1.807, 2.05) is 7.11 Å². The molecule has 3 fully saturated rings. The van der Waals surface area contributed by atoms with Crippen molar-refractivity contribution in [2.24, 2.45) is 40.4 Å². The van der Waals surface area contributed by atoms with Gasteiger partial charge in [-0.25, -0.2) is 0 Å². The van der Waals surface area contributed by atoms with E-state index < -0.39 is 0 Å². The maximum Gasteiger partial charge on any atom is 0.0661 e. The van der Waals surface area contributed by atoms with Gasteiger partial charge in [0.25, 0.3) is 0 Å². The molecule has 0 heterocycles. The number of hydrogen-bond acceptors (Lipinski definition) is 2. The van der Waals surface area contributed by atoms with E-state index in [0.29, 0.717) is 17.4 Å². The summed E-state index contributed by atoms with van der Waals surface area (Å²) in [6.07, 6.45) is 13.9. The predicted molar refractivity (Wildman–Crippen MR) is 91.5 cm³/mol. The van der Waals surface area contributed by atoms with E-state index in [-0.39, 0.29) is 11.3 Å². The SMILES string of the molecule is CO[C@H]1C[C@]2(C)[C@@H](C#N)CC[C@H]2[C@@H]2CC[C@H]3CC=CC[C@]3(C)[C@H]21. The molecule has 0 aliphatic heterocycles. The first-order valence-corrected chi connectivity index (χ1v) is 9.62. The normalized spacial score (nSPS) is 54.7. The number of nitriles is 1. The van der Waals surface area contributed by atoms with Gasteiger partial charge in [-0.2, -0.15) is 5.26 Å². The third-order valence-electron chi connectivity index (χ3n) is 8.58. The number of hydrogen-bond donors (Lipinski definition) is 0. The number of nitrogens with zero attached hydrogens (tertiary/aromatic N) is 1. The van der Waals surface area contributed by atoms with Crippen molar-refractivity contribution in [3.8, 4) is 6.07 Å². The Morgan fingerprint density at radius 2 is 1.91 bits per heavy atom. The minimum Gasteiger partial charge on any atom is -0.381 e. The molecule has 8 atom stereocenters. The van der Waals surface area contributed by atoms with Crippen LogP contribution < -0.4 is 0 Å². The number of methoxy groups -OCH3 is 1. The monoisotopic (exact) mass is 313 g/mol. The second-order valence-corrected chi connectivity index (χ2v) is 9.23. The molecule has 0 aromatic rings. The van der Waals surface area contributed by atoms with Gasteiger partial charge >= 0.3 is 0 Å². The average Bonchev–Trinajstić information content (AvgIpc) is 2.89. The van der Waals surface area contributed by atoms with Crippen molar-refractivity contribution in [3.05, 3.63) is 12.2 Å². The molecule has 0 N–H and O–H groups in total. The molecular weight excluding hydrogens is 282 g/mol. The molecule has 0 spiro atoms. The van der Waals surface area contributed by atoms with E-state index in [2.05, 4.69) is 32.1 Å². The van der Waals surface area contributed by atoms with Crippen molar-refractivity contribution in [2.75, 3.05) is 7.11 Å². The lowest BCUT2D eigenvalue weighted by Gasteiger charge is -2.61. The summed E-state index contributed by atoms with van der Waals surface area (Å²) in [4.78, 5) is 0. The first kappa shape index (κ1) is 15.7. The zero-order chi connectivity index (χ0) is 16.2. The van der Waals surface area contributed by atoms with Crippen molar-refractivity contribution < 1.29 is 4.74 Å². The predicted octanol–water partition coefficient (Wildman–Crippen LogP) is 4.96. The Kier molecular flexibility index (Phi) is 3.65. The molecular formula is C21H31NO. The van der Waals surface area contributed by atoms with E-state index >= 15 is 0 Å². The zero-order valence-corrected chi connectivity index (χ0v) is 14.9. The summed E-state index contributed by atoms with van der Waals surface area (Å²) in [5.74, 6) is 3.27. The molecule has 2 heteroatoms. The van der Waals surface area contributed by atoms with Crippen molar-refractivity contribution in [1.82, 2.24) is 0 Å². The molecule has 4 aliphatic carbocycles. The molecule has 0 aromatic heterocycles. The van der Waals surface area contributed by atoms with Gasteiger partial charge < -0.3 is 4.74 Å². The largest absolute Gasteiger partial charge is 0.381 e. The highest BCUT2D eigenvalue weighted by atomic mass is 16.5. The van der Waals surface area contributed by atoms with Crippen LogP contribution in [0.5, 0.6) is 0 Å². The maximum absolute atomic E-state index is 9.66. The Balaban J connectivity index is 1.74. The smallest absolute Gasteiger partial charge is 0.0661 e. The van der Waals surface area contributed by atoms with Gasteiger partial charge in [-0.3, -0.25) is 0 Å². The van der Waals surface area contributed by atoms with Gasteiger partial charge in [0.15, 0.2) is 0 Å². The second-order valence-electron chi connectivity index (χ2n) is 9.23. The highest BCUT2D eigenvalue weighted by Crippen LogP contribution is 2.67. The summed E-state index contributed by atoms with van der Waals surface area (Å²) in [5, 5.41) is 9.66. The zero-order valence-electron chi connectivity index (χ0n) is 14.9. The average molecular weight is 313 g/mol. The van der Waals surface area contributed by atoms with E-state index in [1.165, 1.54) is 32.1 Å². The Morgan fingerprint density at radius 3 is 2.65 bits per heavy atom. The van der Waals surface area contributed by atoms with E-state index in [0.717, 1.165) is 30.6 Å². The molecule has 0 aromatic carbocycles. The fourth-order valence-corrected chi connectivity index (χ4v) is 7.37. The summed E-state index contributed by atoms with van der Waals surface area (Å²) >= 11 is 0. The van der Waals surface area contributed by atoms with Crippen LogP contribution in [0.2, 0.25) is 0 Å². The van der Waals surface area contributed by atoms with E-state index in [4.69, 9.17) is 4.74 Å². The Labute approximate surface area is 141 Å². The lowest BCUT2D eigenvalue weighted by Crippen LogP contribution is -2.58. The number of rotatable bonds is 1. The quantitative estimate of drug-likeness (QED) is 0.641. The minimum atomic E-state index is 0.185. The van der Waals surface area contributed by atoms with Crippen LogP contribution in [-0.4, -0.2) is 13.2 Å². The molecule has 0 saturated heterocycles. The van der Waals surface area contributed by atoms with E-state index in [9.17, 15) is 5.26 Å². The van der Waals surface area contributed by atoms with Gasteiger partial charge in [-0.1, -0.05) is 26.0 Å². The Hall–Kier alpha value is -0.810. The molecule has 0 radical (unpaired) electrons. The fourth-order valence-electron chi connectivity index (χ4n) is 7.37. The third-order valence-corrected chi connectivity index (χ3v) is 8.58. The molecule has 23 heavy (non-hydrogen) atoms. The number of allylic oxidation sites excluding steroid dienone is 2. The van der Waals surface area contributed by atoms with Crippen LogP contribution in [0, 0.1) is 51.8 Å². The maximum atomic E-state index is 9.66. The van der Waals surface area contributed by atoms with Crippen molar-refractivity contribution in [2.45, 2.75) is 64.9 Å². The summed E-state index contributed by atoms with van der Waals surface area (Å²) in [5.41, 5.74) is 0.592. The van der Waals surface area contributed by atoms with Gasteiger partial charge in [-0.05, 0) is 79.4 Å². The van der Waals surface area contributed by atoms with Gasteiger partial charge in [0.1, 0.15) is 0 Å². The molecule has 126 valence electrons. The molecule has 3 saturated carbocycles. The van der Waals surface area contributed by atoms with Gasteiger partial charge in [-0.15, -0.1) is 0 Å². The summed E-state index contributed by atoms with van der Waals surface area (Å²) in [6.45, 7) is 4.94. The summed E-state index contributed by atoms with van der Waals surface area (Å²) < 4.78 is 6.11. The molecule has 0 bridgehead atoms. The van der Waals surface area contributed by atoms with Crippen molar-refractivity contribution in [3.63, 3.8) is 0 Å². The van der Waals surface area contributed by atoms with Gasteiger partial charge in [0.2, 0.25) is 0 Å². The van der Waals surface area contributed by atoms with Crippen LogP contribution in [0.3, 0.4) is 0 Å². The van der Waals surface area contributed by atoms with Crippen LogP contribution in [0.1, 0.15) is 58.8 Å². The summed E-state index contributed by atoms with van der Waals surface area (Å²) in [6, 6.07) is 2.64. The molecule has 2 nitrogen and oxygen atoms in total. The highest BCUT2D eigenvalue weighted by Gasteiger charge is 2.62. The topological polar surface area (TPSA) is 33.0 Å². The first-order chi connectivity index (χ1) is 11.0. The standard InChI is InChI=1S/C21H31NO/c1-20-11-5-4-6-14(20)7-9-16-17-10-8-15(13-22)21(17,2)12-18(23-3)19(16)20/h4-5,14-19H,6-12H2,1-3H3/t14-,15-,16+,17+,18+,19-,20+,21-/m1/s1. The molecule has 0 unspecified atom stereocenters. The fraction of sp³-hybridized carbons (Fsp3) is 0.857. The third kappa shape index (κ3) is 2.02. The number of fused-ring (bicyclic) bond motifs is 5. The van der Waals surface area contributed by atoms with Crippen molar-refractivity contribution >= 4 is 0 Å². The van der Waals surface area contributed by atoms with Crippen LogP contribution in [0.4, 0.5) is 0 Å². The van der Waals surface area contributed by atoms with Crippen molar-refractivity contribution in [1.29, 1.82) is 5.26 Å². The highest BCUT2D eigenvalue weighted by molar-refractivity contribution is 5.16. The number of ether oxygens (including phenoxy) is 1. The minimum absolute atomic E-state index is 0.185. The Bertz CT molecular complexity index is 549. The van der Waals surface area contributed by atoms with Crippen LogP contribution in [0.15, 0.2) is 12.2 Å². The van der Waals surface area contributed by atoms with E-state index in [1.54, 1.807) is 0 Å².